The molecule has 64 heavy (non-hydrogen) atoms. The van der Waals surface area contributed by atoms with Crippen LogP contribution in [0.15, 0.2) is 221 Å². The average Bonchev–Trinajstić information content (AvgIpc) is 4.03. The standard InChI is InChI=1S/C58H38N4OS/c1-58(60-56(37-17-7-3-8-18-37)59-57(61-58)40-27-30-44-51(35-40)63-50-25-13-22-42(54(44)50)36-15-5-2-6-16-36)47-23-14-26-53-55(47)46-34-39(29-32-52(46)64-53)38-28-31-49-45(33-38)43-21-11-12-24-48(43)62(49)41-19-9-4-10-20-41/h2-35H,1H3,(H,59,60,61)/t58-/m1/s1. The number of aromatic nitrogens is 1. The van der Waals surface area contributed by atoms with Crippen LogP contribution in [0.25, 0.3) is 91.9 Å². The van der Waals surface area contributed by atoms with Gasteiger partial charge in [-0.25, -0.2) is 9.98 Å². The molecule has 4 heterocycles. The van der Waals surface area contributed by atoms with Crippen molar-refractivity contribution in [1.29, 1.82) is 0 Å². The minimum absolute atomic E-state index is 0.738. The molecule has 1 atom stereocenters. The maximum absolute atomic E-state index is 6.59. The van der Waals surface area contributed by atoms with E-state index in [4.69, 9.17) is 14.4 Å². The topological polar surface area (TPSA) is 54.8 Å². The molecule has 9 aromatic carbocycles. The van der Waals surface area contributed by atoms with Gasteiger partial charge < -0.3 is 14.3 Å². The Morgan fingerprint density at radius 3 is 1.92 bits per heavy atom. The fraction of sp³-hybridized carbons (Fsp3) is 0.0345. The van der Waals surface area contributed by atoms with Gasteiger partial charge in [-0.05, 0) is 95.9 Å². The molecule has 3 aromatic heterocycles. The van der Waals surface area contributed by atoms with Gasteiger partial charge in [0.2, 0.25) is 0 Å². The predicted octanol–water partition coefficient (Wildman–Crippen LogP) is 15.1. The third-order valence-electron chi connectivity index (χ3n) is 12.8. The fourth-order valence-corrected chi connectivity index (χ4v) is 11.0. The van der Waals surface area contributed by atoms with Gasteiger partial charge in [0.25, 0.3) is 0 Å². The Balaban J connectivity index is 0.964. The molecule has 0 bridgehead atoms. The smallest absolute Gasteiger partial charge is 0.178 e. The van der Waals surface area contributed by atoms with Crippen molar-refractivity contribution in [3.63, 3.8) is 0 Å². The molecule has 0 aliphatic carbocycles. The van der Waals surface area contributed by atoms with Gasteiger partial charge in [0, 0.05) is 64.1 Å². The summed E-state index contributed by atoms with van der Waals surface area (Å²) in [4.78, 5) is 11.0. The van der Waals surface area contributed by atoms with Crippen LogP contribution in [-0.4, -0.2) is 16.2 Å². The largest absolute Gasteiger partial charge is 0.456 e. The van der Waals surface area contributed by atoms with Crippen molar-refractivity contribution in [2.45, 2.75) is 12.6 Å². The molecule has 0 radical (unpaired) electrons. The molecular weight excluding hydrogens is 801 g/mol. The molecule has 1 aliphatic rings. The first-order valence-corrected chi connectivity index (χ1v) is 22.5. The number of furan rings is 1. The Labute approximate surface area is 372 Å². The van der Waals surface area contributed by atoms with E-state index in [0.717, 1.165) is 67.1 Å². The quantitative estimate of drug-likeness (QED) is 0.181. The highest BCUT2D eigenvalue weighted by atomic mass is 32.1. The van der Waals surface area contributed by atoms with Crippen LogP contribution in [-0.2, 0) is 5.66 Å². The number of nitrogens with zero attached hydrogens (tertiary/aromatic N) is 3. The lowest BCUT2D eigenvalue weighted by Crippen LogP contribution is -2.40. The number of hydrogen-bond donors (Lipinski definition) is 1. The minimum atomic E-state index is -0.962. The van der Waals surface area contributed by atoms with E-state index in [1.807, 2.05) is 17.4 Å². The molecular formula is C58H38N4OS. The lowest BCUT2D eigenvalue weighted by molar-refractivity contribution is 0.523. The molecule has 0 unspecified atom stereocenters. The number of thiophene rings is 1. The summed E-state index contributed by atoms with van der Waals surface area (Å²) >= 11 is 1.82. The Hall–Kier alpha value is -8.06. The van der Waals surface area contributed by atoms with Gasteiger partial charge in [-0.15, -0.1) is 11.3 Å². The van der Waals surface area contributed by atoms with Crippen LogP contribution in [0, 0.1) is 0 Å². The van der Waals surface area contributed by atoms with E-state index in [0.29, 0.717) is 0 Å². The zero-order valence-electron chi connectivity index (χ0n) is 34.8. The van der Waals surface area contributed by atoms with Gasteiger partial charge in [-0.3, -0.25) is 0 Å². The molecule has 302 valence electrons. The number of para-hydroxylation sites is 2. The van der Waals surface area contributed by atoms with E-state index in [1.54, 1.807) is 0 Å². The van der Waals surface area contributed by atoms with E-state index in [2.05, 4.69) is 217 Å². The van der Waals surface area contributed by atoms with E-state index in [9.17, 15) is 0 Å². The van der Waals surface area contributed by atoms with Gasteiger partial charge in [-0.2, -0.15) is 0 Å². The minimum Gasteiger partial charge on any atom is -0.456 e. The summed E-state index contributed by atoms with van der Waals surface area (Å²) in [5.41, 5.74) is 11.9. The van der Waals surface area contributed by atoms with E-state index in [-0.39, 0.29) is 0 Å². The Bertz CT molecular complexity index is 3880. The molecule has 0 amide bonds. The maximum Gasteiger partial charge on any atom is 0.178 e. The van der Waals surface area contributed by atoms with Crippen molar-refractivity contribution in [2.75, 3.05) is 0 Å². The molecule has 5 nitrogen and oxygen atoms in total. The van der Waals surface area contributed by atoms with Gasteiger partial charge in [0.05, 0.1) is 11.0 Å². The van der Waals surface area contributed by atoms with E-state index in [1.165, 1.54) is 53.1 Å². The highest BCUT2D eigenvalue weighted by Gasteiger charge is 2.34. The number of fused-ring (bicyclic) bond motifs is 9. The number of aliphatic imine (C=N–C) groups is 2. The van der Waals surface area contributed by atoms with Crippen LogP contribution < -0.4 is 5.32 Å². The normalized spacial score (nSPS) is 15.3. The molecule has 1 aliphatic heterocycles. The number of nitrogens with one attached hydrogen (secondary N) is 1. The second-order valence-corrected chi connectivity index (χ2v) is 17.8. The lowest BCUT2D eigenvalue weighted by atomic mass is 9.94. The van der Waals surface area contributed by atoms with Crippen LogP contribution in [0.4, 0.5) is 0 Å². The Morgan fingerprint density at radius 2 is 1.11 bits per heavy atom. The zero-order chi connectivity index (χ0) is 42.4. The highest BCUT2D eigenvalue weighted by molar-refractivity contribution is 7.25. The second-order valence-electron chi connectivity index (χ2n) is 16.7. The van der Waals surface area contributed by atoms with Gasteiger partial charge >= 0.3 is 0 Å². The van der Waals surface area contributed by atoms with Gasteiger partial charge in [-0.1, -0.05) is 140 Å². The average molecular weight is 839 g/mol. The molecule has 0 fully saturated rings. The summed E-state index contributed by atoms with van der Waals surface area (Å²) in [7, 11) is 0. The van der Waals surface area contributed by atoms with Crippen molar-refractivity contribution in [3.8, 4) is 27.9 Å². The summed E-state index contributed by atoms with van der Waals surface area (Å²) in [6.45, 7) is 2.14. The lowest BCUT2D eigenvalue weighted by Gasteiger charge is -2.30. The summed E-state index contributed by atoms with van der Waals surface area (Å²) in [6.07, 6.45) is 0. The Kier molecular flexibility index (Phi) is 8.14. The first-order valence-electron chi connectivity index (χ1n) is 21.6. The first-order chi connectivity index (χ1) is 31.6. The van der Waals surface area contributed by atoms with Crippen LogP contribution in [0.3, 0.4) is 0 Å². The van der Waals surface area contributed by atoms with Crippen LogP contribution in [0.2, 0.25) is 0 Å². The molecule has 0 saturated carbocycles. The monoisotopic (exact) mass is 838 g/mol. The molecule has 12 aromatic rings. The molecule has 1 N–H and O–H groups in total. The second kappa shape index (κ2) is 14.2. The predicted molar refractivity (Wildman–Crippen MR) is 268 cm³/mol. The van der Waals surface area contributed by atoms with Gasteiger partial charge in [0.1, 0.15) is 22.8 Å². The van der Waals surface area contributed by atoms with Gasteiger partial charge in [0.15, 0.2) is 5.66 Å². The third-order valence-corrected chi connectivity index (χ3v) is 14.0. The van der Waals surface area contributed by atoms with Crippen molar-refractivity contribution in [2.24, 2.45) is 9.98 Å². The molecule has 6 heteroatoms. The SMILES string of the molecule is C[C@@]1(c2cccc3sc4ccc(-c5ccc6c(c5)c5ccccc5n6-c5ccccc5)cc4c23)N=C(c2ccccc2)NC(c2ccc3c(c2)oc2cccc(-c4ccccc4)c23)=N1. The maximum atomic E-state index is 6.59. The molecule has 13 rings (SSSR count). The zero-order valence-corrected chi connectivity index (χ0v) is 35.6. The summed E-state index contributed by atoms with van der Waals surface area (Å²) in [6, 6.07) is 73.3. The number of hydrogen-bond acceptors (Lipinski definition) is 5. The highest BCUT2D eigenvalue weighted by Crippen LogP contribution is 2.45. The first kappa shape index (κ1) is 36.6. The molecule has 0 spiro atoms. The third kappa shape index (κ3) is 5.76. The summed E-state index contributed by atoms with van der Waals surface area (Å²) < 4.78 is 11.4. The Morgan fingerprint density at radius 1 is 0.453 bits per heavy atom. The molecule has 0 saturated heterocycles. The van der Waals surface area contributed by atoms with Crippen molar-refractivity contribution < 1.29 is 4.42 Å². The van der Waals surface area contributed by atoms with E-state index >= 15 is 0 Å². The number of rotatable bonds is 6. The summed E-state index contributed by atoms with van der Waals surface area (Å²) in [5, 5.41) is 10.7. The number of amidine groups is 2. The van der Waals surface area contributed by atoms with Crippen molar-refractivity contribution >= 4 is 86.9 Å². The van der Waals surface area contributed by atoms with Crippen LogP contribution in [0.1, 0.15) is 23.6 Å². The fourth-order valence-electron chi connectivity index (χ4n) is 9.86. The number of benzene rings is 9. The summed E-state index contributed by atoms with van der Waals surface area (Å²) in [5.74, 6) is 1.51. The van der Waals surface area contributed by atoms with Crippen LogP contribution in [0.5, 0.6) is 0 Å². The van der Waals surface area contributed by atoms with E-state index < -0.39 is 5.66 Å². The van der Waals surface area contributed by atoms with Crippen molar-refractivity contribution in [1.82, 2.24) is 9.88 Å². The van der Waals surface area contributed by atoms with Crippen molar-refractivity contribution in [3.05, 3.63) is 223 Å². The van der Waals surface area contributed by atoms with Crippen LogP contribution >= 0.6 is 11.3 Å².